The fourth-order valence-electron chi connectivity index (χ4n) is 1.68. The van der Waals surface area contributed by atoms with Crippen LogP contribution in [0.2, 0.25) is 0 Å². The van der Waals surface area contributed by atoms with E-state index in [-0.39, 0.29) is 18.1 Å². The van der Waals surface area contributed by atoms with Crippen LogP contribution in [0.1, 0.15) is 21.9 Å². The average Bonchev–Trinajstić information content (AvgIpc) is 2.86. The van der Waals surface area contributed by atoms with Crippen LogP contribution in [0.25, 0.3) is 0 Å². The highest BCUT2D eigenvalue weighted by Gasteiger charge is 2.15. The summed E-state index contributed by atoms with van der Waals surface area (Å²) >= 11 is 0. The first kappa shape index (κ1) is 13.6. The molecule has 104 valence electrons. The van der Waals surface area contributed by atoms with Gasteiger partial charge in [-0.3, -0.25) is 10.1 Å². The van der Waals surface area contributed by atoms with Gasteiger partial charge in [-0.05, 0) is 25.1 Å². The summed E-state index contributed by atoms with van der Waals surface area (Å²) < 4.78 is 10.4. The van der Waals surface area contributed by atoms with Crippen LogP contribution in [0, 0.1) is 17.0 Å². The van der Waals surface area contributed by atoms with Gasteiger partial charge < -0.3 is 14.3 Å². The van der Waals surface area contributed by atoms with Crippen LogP contribution in [0.3, 0.4) is 0 Å². The van der Waals surface area contributed by atoms with E-state index >= 15 is 0 Å². The molecule has 0 aliphatic rings. The first-order valence-corrected chi connectivity index (χ1v) is 5.68. The number of nitro benzene ring substituents is 1. The molecule has 0 atom stereocenters. The topological polar surface area (TPSA) is 103 Å². The number of hydrogen-bond acceptors (Lipinski definition) is 5. The maximum Gasteiger partial charge on any atom is 0.371 e. The summed E-state index contributed by atoms with van der Waals surface area (Å²) in [5.74, 6) is -0.664. The molecule has 0 saturated heterocycles. The normalized spacial score (nSPS) is 10.2. The van der Waals surface area contributed by atoms with Crippen LogP contribution < -0.4 is 4.74 Å². The molecule has 1 N–H and O–H groups in total. The number of benzene rings is 1. The van der Waals surface area contributed by atoms with E-state index in [2.05, 4.69) is 0 Å². The number of carboxylic acid groups (broad SMARTS) is 1. The van der Waals surface area contributed by atoms with Crippen LogP contribution in [0.4, 0.5) is 5.69 Å². The van der Waals surface area contributed by atoms with Crippen molar-refractivity contribution in [3.63, 3.8) is 0 Å². The van der Waals surface area contributed by atoms with Crippen molar-refractivity contribution in [1.29, 1.82) is 0 Å². The molecule has 0 bridgehead atoms. The first-order chi connectivity index (χ1) is 9.49. The molecule has 0 radical (unpaired) electrons. The first-order valence-electron chi connectivity index (χ1n) is 5.68. The van der Waals surface area contributed by atoms with E-state index in [4.69, 9.17) is 14.3 Å². The maximum absolute atomic E-state index is 10.8. The Balaban J connectivity index is 2.12. The monoisotopic (exact) mass is 277 g/mol. The van der Waals surface area contributed by atoms with Gasteiger partial charge in [0, 0.05) is 6.07 Å². The molecular formula is C13H11NO6. The fourth-order valence-corrected chi connectivity index (χ4v) is 1.68. The minimum Gasteiger partial charge on any atom is -0.485 e. The molecule has 7 heteroatoms. The minimum atomic E-state index is -1.16. The summed E-state index contributed by atoms with van der Waals surface area (Å²) in [5, 5.41) is 19.5. The number of nitrogens with zero attached hydrogens (tertiary/aromatic N) is 1. The number of rotatable bonds is 5. The molecule has 0 amide bonds. The molecule has 0 unspecified atom stereocenters. The molecule has 20 heavy (non-hydrogen) atoms. The Morgan fingerprint density at radius 3 is 2.75 bits per heavy atom. The summed E-state index contributed by atoms with van der Waals surface area (Å²) in [6, 6.07) is 7.31. The lowest BCUT2D eigenvalue weighted by atomic mass is 10.2. The van der Waals surface area contributed by atoms with Crippen molar-refractivity contribution in [3.8, 4) is 5.75 Å². The van der Waals surface area contributed by atoms with E-state index in [0.717, 1.165) is 0 Å². The highest BCUT2D eigenvalue weighted by molar-refractivity contribution is 5.84. The Morgan fingerprint density at radius 1 is 1.40 bits per heavy atom. The second kappa shape index (κ2) is 5.43. The predicted molar refractivity (Wildman–Crippen MR) is 67.8 cm³/mol. The van der Waals surface area contributed by atoms with E-state index < -0.39 is 10.9 Å². The maximum atomic E-state index is 10.8. The van der Waals surface area contributed by atoms with Crippen LogP contribution in [0.5, 0.6) is 5.75 Å². The molecule has 1 heterocycles. The van der Waals surface area contributed by atoms with Gasteiger partial charge in [-0.25, -0.2) is 4.79 Å². The standard InChI is InChI=1S/C13H11NO6/c1-8-10(14(17)18)3-2-4-11(8)19-7-9-5-6-12(20-9)13(15)16/h2-6H,7H2,1H3,(H,15,16). The van der Waals surface area contributed by atoms with Gasteiger partial charge in [-0.2, -0.15) is 0 Å². The van der Waals surface area contributed by atoms with Crippen LogP contribution in [0.15, 0.2) is 34.7 Å². The Kier molecular flexibility index (Phi) is 3.69. The van der Waals surface area contributed by atoms with Gasteiger partial charge in [0.2, 0.25) is 5.76 Å². The van der Waals surface area contributed by atoms with Gasteiger partial charge in [0.15, 0.2) is 0 Å². The highest BCUT2D eigenvalue weighted by atomic mass is 16.6. The third-order valence-electron chi connectivity index (χ3n) is 2.69. The molecule has 0 aliphatic carbocycles. The van der Waals surface area contributed by atoms with E-state index in [1.807, 2.05) is 0 Å². The number of hydrogen-bond donors (Lipinski definition) is 1. The third-order valence-corrected chi connectivity index (χ3v) is 2.69. The van der Waals surface area contributed by atoms with Gasteiger partial charge >= 0.3 is 5.97 Å². The average molecular weight is 277 g/mol. The lowest BCUT2D eigenvalue weighted by Crippen LogP contribution is -1.99. The molecular weight excluding hydrogens is 266 g/mol. The Morgan fingerprint density at radius 2 is 2.15 bits per heavy atom. The molecule has 0 fully saturated rings. The van der Waals surface area contributed by atoms with Crippen molar-refractivity contribution in [1.82, 2.24) is 0 Å². The number of aromatic carboxylic acids is 1. The Labute approximate surface area is 113 Å². The summed E-state index contributed by atoms with van der Waals surface area (Å²) in [7, 11) is 0. The lowest BCUT2D eigenvalue weighted by Gasteiger charge is -2.07. The van der Waals surface area contributed by atoms with Crippen LogP contribution in [-0.2, 0) is 6.61 Å². The molecule has 2 aromatic rings. The lowest BCUT2D eigenvalue weighted by molar-refractivity contribution is -0.385. The zero-order valence-corrected chi connectivity index (χ0v) is 10.5. The second-order valence-corrected chi connectivity index (χ2v) is 4.02. The Bertz CT molecular complexity index is 661. The van der Waals surface area contributed by atoms with Crippen molar-refractivity contribution in [3.05, 3.63) is 57.5 Å². The van der Waals surface area contributed by atoms with Gasteiger partial charge in [0.05, 0.1) is 10.5 Å². The summed E-state index contributed by atoms with van der Waals surface area (Å²) in [6.45, 7) is 1.58. The predicted octanol–water partition coefficient (Wildman–Crippen LogP) is 2.77. The van der Waals surface area contributed by atoms with E-state index in [1.54, 1.807) is 13.0 Å². The van der Waals surface area contributed by atoms with Gasteiger partial charge in [0.1, 0.15) is 18.1 Å². The minimum absolute atomic E-state index is 0.00467. The quantitative estimate of drug-likeness (QED) is 0.665. The number of furan rings is 1. The van der Waals surface area contributed by atoms with Crippen molar-refractivity contribution < 1.29 is 24.0 Å². The Hall–Kier alpha value is -2.83. The summed E-state index contributed by atoms with van der Waals surface area (Å²) in [4.78, 5) is 21.0. The highest BCUT2D eigenvalue weighted by Crippen LogP contribution is 2.27. The summed E-state index contributed by atoms with van der Waals surface area (Å²) in [6.07, 6.45) is 0. The SMILES string of the molecule is Cc1c(OCc2ccc(C(=O)O)o2)cccc1[N+](=O)[O-]. The smallest absolute Gasteiger partial charge is 0.371 e. The van der Waals surface area contributed by atoms with E-state index in [0.29, 0.717) is 17.1 Å². The van der Waals surface area contributed by atoms with E-state index in [1.165, 1.54) is 24.3 Å². The van der Waals surface area contributed by atoms with Crippen LogP contribution in [-0.4, -0.2) is 16.0 Å². The van der Waals surface area contributed by atoms with Gasteiger partial charge in [0.25, 0.3) is 5.69 Å². The van der Waals surface area contributed by atoms with Gasteiger partial charge in [-0.1, -0.05) is 6.07 Å². The number of carboxylic acids is 1. The zero-order valence-electron chi connectivity index (χ0n) is 10.5. The van der Waals surface area contributed by atoms with Crippen molar-refractivity contribution in [2.45, 2.75) is 13.5 Å². The molecule has 7 nitrogen and oxygen atoms in total. The number of ether oxygens (including phenoxy) is 1. The molecule has 0 saturated carbocycles. The molecule has 1 aromatic carbocycles. The third kappa shape index (κ3) is 2.77. The van der Waals surface area contributed by atoms with E-state index in [9.17, 15) is 14.9 Å². The number of nitro groups is 1. The van der Waals surface area contributed by atoms with Crippen molar-refractivity contribution >= 4 is 11.7 Å². The molecule has 0 aliphatic heterocycles. The van der Waals surface area contributed by atoms with Crippen LogP contribution >= 0.6 is 0 Å². The van der Waals surface area contributed by atoms with Gasteiger partial charge in [-0.15, -0.1) is 0 Å². The second-order valence-electron chi connectivity index (χ2n) is 4.02. The number of carbonyl (C=O) groups is 1. The van der Waals surface area contributed by atoms with Crippen molar-refractivity contribution in [2.75, 3.05) is 0 Å². The van der Waals surface area contributed by atoms with Crippen molar-refractivity contribution in [2.24, 2.45) is 0 Å². The fraction of sp³-hybridized carbons (Fsp3) is 0.154. The molecule has 2 rings (SSSR count). The largest absolute Gasteiger partial charge is 0.485 e. The molecule has 0 spiro atoms. The zero-order chi connectivity index (χ0) is 14.7. The molecule has 1 aromatic heterocycles. The summed E-state index contributed by atoms with van der Waals surface area (Å²) in [5.41, 5.74) is 0.371.